The van der Waals surface area contributed by atoms with Crippen molar-refractivity contribution in [2.75, 3.05) is 0 Å². The highest BCUT2D eigenvalue weighted by molar-refractivity contribution is 14.1. The minimum Gasteiger partial charge on any atom is -0.267 e. The Balaban J connectivity index is 3.03. The SMILES string of the molecule is O=C(NF)c1cnccc1I. The molecule has 1 aromatic rings. The van der Waals surface area contributed by atoms with Crippen LogP contribution in [0.2, 0.25) is 0 Å². The summed E-state index contributed by atoms with van der Waals surface area (Å²) in [6, 6.07) is 1.63. The number of carbonyl (C=O) groups is 1. The summed E-state index contributed by atoms with van der Waals surface area (Å²) in [6.45, 7) is 0. The summed E-state index contributed by atoms with van der Waals surface area (Å²) in [4.78, 5) is 14.4. The highest BCUT2D eigenvalue weighted by Crippen LogP contribution is 2.08. The maximum Gasteiger partial charge on any atom is 0.281 e. The normalized spacial score (nSPS) is 9.27. The van der Waals surface area contributed by atoms with Gasteiger partial charge in [0, 0.05) is 16.0 Å². The van der Waals surface area contributed by atoms with Crippen molar-refractivity contribution >= 4 is 28.5 Å². The van der Waals surface area contributed by atoms with Crippen LogP contribution in [0.25, 0.3) is 0 Å². The van der Waals surface area contributed by atoms with Crippen LogP contribution >= 0.6 is 22.6 Å². The number of amides is 1. The molecule has 1 rings (SSSR count). The third-order valence-corrected chi connectivity index (χ3v) is 2.04. The summed E-state index contributed by atoms with van der Waals surface area (Å²) >= 11 is 1.93. The average molecular weight is 266 g/mol. The lowest BCUT2D eigenvalue weighted by molar-refractivity contribution is 0.0858. The second-order valence-corrected chi connectivity index (χ2v) is 2.94. The standard InChI is InChI=1S/C6H4FIN2O/c7-10-6(11)4-3-9-2-1-5(4)8/h1-3H,(H,10,11). The van der Waals surface area contributed by atoms with E-state index in [0.29, 0.717) is 3.57 Å². The molecule has 0 spiro atoms. The smallest absolute Gasteiger partial charge is 0.267 e. The maximum atomic E-state index is 11.6. The van der Waals surface area contributed by atoms with Gasteiger partial charge in [0.25, 0.3) is 5.91 Å². The van der Waals surface area contributed by atoms with E-state index >= 15 is 0 Å². The molecule has 0 radical (unpaired) electrons. The van der Waals surface area contributed by atoms with Crippen LogP contribution in [0.15, 0.2) is 18.5 Å². The van der Waals surface area contributed by atoms with Crippen LogP contribution in [0.3, 0.4) is 0 Å². The molecule has 0 saturated heterocycles. The van der Waals surface area contributed by atoms with E-state index < -0.39 is 5.91 Å². The number of nitrogens with zero attached hydrogens (tertiary/aromatic N) is 1. The molecule has 58 valence electrons. The first kappa shape index (κ1) is 8.38. The lowest BCUT2D eigenvalue weighted by Crippen LogP contribution is -2.15. The van der Waals surface area contributed by atoms with Crippen LogP contribution < -0.4 is 5.54 Å². The number of aromatic nitrogens is 1. The summed E-state index contributed by atoms with van der Waals surface area (Å²) in [5, 5.41) is 0. The molecule has 1 N–H and O–H groups in total. The van der Waals surface area contributed by atoms with E-state index in [1.165, 1.54) is 12.4 Å². The molecule has 3 nitrogen and oxygen atoms in total. The minimum atomic E-state index is -0.762. The predicted molar refractivity (Wildman–Crippen MR) is 45.5 cm³/mol. The number of carbonyl (C=O) groups excluding carboxylic acids is 1. The summed E-state index contributed by atoms with van der Waals surface area (Å²) in [6.07, 6.45) is 2.85. The summed E-state index contributed by atoms with van der Waals surface area (Å²) in [5.74, 6) is -0.762. The molecule has 0 bridgehead atoms. The Morgan fingerprint density at radius 1 is 1.73 bits per heavy atom. The lowest BCUT2D eigenvalue weighted by Gasteiger charge is -1.97. The summed E-state index contributed by atoms with van der Waals surface area (Å²) in [7, 11) is 0. The molecule has 0 aliphatic heterocycles. The van der Waals surface area contributed by atoms with Gasteiger partial charge in [-0.25, -0.2) is 0 Å². The maximum absolute atomic E-state index is 11.6. The molecular weight excluding hydrogens is 262 g/mol. The zero-order chi connectivity index (χ0) is 8.27. The van der Waals surface area contributed by atoms with Gasteiger partial charge in [-0.2, -0.15) is 5.54 Å². The number of hydrogen-bond acceptors (Lipinski definition) is 2. The Morgan fingerprint density at radius 2 is 2.45 bits per heavy atom. The van der Waals surface area contributed by atoms with Gasteiger partial charge in [-0.1, -0.05) is 4.48 Å². The molecule has 0 saturated carbocycles. The van der Waals surface area contributed by atoms with Crippen molar-refractivity contribution in [2.24, 2.45) is 0 Å². The van der Waals surface area contributed by atoms with Crippen molar-refractivity contribution in [1.82, 2.24) is 10.5 Å². The van der Waals surface area contributed by atoms with Gasteiger partial charge < -0.3 is 0 Å². The largest absolute Gasteiger partial charge is 0.281 e. The van der Waals surface area contributed by atoms with E-state index in [0.717, 1.165) is 5.54 Å². The van der Waals surface area contributed by atoms with Crippen molar-refractivity contribution in [2.45, 2.75) is 0 Å². The van der Waals surface area contributed by atoms with E-state index in [9.17, 15) is 9.28 Å². The molecule has 5 heteroatoms. The van der Waals surface area contributed by atoms with E-state index in [1.54, 1.807) is 6.07 Å². The zero-order valence-corrected chi connectivity index (χ0v) is 7.50. The Labute approximate surface area is 76.1 Å². The molecule has 0 unspecified atom stereocenters. The van der Waals surface area contributed by atoms with Gasteiger partial charge in [-0.05, 0) is 28.7 Å². The monoisotopic (exact) mass is 266 g/mol. The van der Waals surface area contributed by atoms with Crippen molar-refractivity contribution in [1.29, 1.82) is 0 Å². The number of pyridine rings is 1. The van der Waals surface area contributed by atoms with Crippen LogP contribution in [0.1, 0.15) is 10.4 Å². The lowest BCUT2D eigenvalue weighted by atomic mass is 10.3. The number of rotatable bonds is 1. The van der Waals surface area contributed by atoms with Gasteiger partial charge in [0.05, 0.1) is 5.56 Å². The van der Waals surface area contributed by atoms with Crippen LogP contribution in [0.5, 0.6) is 0 Å². The van der Waals surface area contributed by atoms with Gasteiger partial charge in [0.15, 0.2) is 0 Å². The van der Waals surface area contributed by atoms with Gasteiger partial charge in [0.2, 0.25) is 0 Å². The number of hydrogen-bond donors (Lipinski definition) is 1. The van der Waals surface area contributed by atoms with E-state index in [2.05, 4.69) is 4.98 Å². The van der Waals surface area contributed by atoms with Crippen LogP contribution in [0, 0.1) is 3.57 Å². The molecule has 11 heavy (non-hydrogen) atoms. The van der Waals surface area contributed by atoms with Gasteiger partial charge >= 0.3 is 0 Å². The van der Waals surface area contributed by atoms with Crippen molar-refractivity contribution in [3.05, 3.63) is 27.6 Å². The molecule has 0 atom stereocenters. The van der Waals surface area contributed by atoms with E-state index in [1.807, 2.05) is 22.6 Å². The highest BCUT2D eigenvalue weighted by atomic mass is 127. The van der Waals surface area contributed by atoms with Crippen molar-refractivity contribution in [3.63, 3.8) is 0 Å². The van der Waals surface area contributed by atoms with Crippen molar-refractivity contribution in [3.8, 4) is 0 Å². The topological polar surface area (TPSA) is 42.0 Å². The molecule has 0 fully saturated rings. The second-order valence-electron chi connectivity index (χ2n) is 1.78. The first-order valence-electron chi connectivity index (χ1n) is 2.76. The average Bonchev–Trinajstić information content (AvgIpc) is 2.04. The van der Waals surface area contributed by atoms with Gasteiger partial charge in [-0.15, -0.1) is 0 Å². The molecule has 0 aliphatic rings. The summed E-state index contributed by atoms with van der Waals surface area (Å²) < 4.78 is 12.3. The second kappa shape index (κ2) is 3.61. The third kappa shape index (κ3) is 1.86. The number of halogens is 2. The van der Waals surface area contributed by atoms with E-state index in [4.69, 9.17) is 0 Å². The molecule has 1 heterocycles. The fourth-order valence-corrected chi connectivity index (χ4v) is 1.14. The minimum absolute atomic E-state index is 0.246. The summed E-state index contributed by atoms with van der Waals surface area (Å²) in [5.41, 5.74) is 1.28. The molecule has 0 aromatic carbocycles. The van der Waals surface area contributed by atoms with Crippen LogP contribution in [-0.4, -0.2) is 10.9 Å². The Hall–Kier alpha value is -0.720. The van der Waals surface area contributed by atoms with Crippen molar-refractivity contribution < 1.29 is 9.28 Å². The first-order chi connectivity index (χ1) is 5.25. The van der Waals surface area contributed by atoms with Gasteiger partial charge in [0.1, 0.15) is 0 Å². The first-order valence-corrected chi connectivity index (χ1v) is 3.84. The fourth-order valence-electron chi connectivity index (χ4n) is 0.595. The third-order valence-electron chi connectivity index (χ3n) is 1.10. The van der Waals surface area contributed by atoms with E-state index in [-0.39, 0.29) is 5.56 Å². The Bertz CT molecular complexity index is 279. The Morgan fingerprint density at radius 3 is 3.00 bits per heavy atom. The molecule has 0 aliphatic carbocycles. The fraction of sp³-hybridized carbons (Fsp3) is 0. The Kier molecular flexibility index (Phi) is 2.75. The van der Waals surface area contributed by atoms with Gasteiger partial charge in [-0.3, -0.25) is 9.78 Å². The molecule has 1 aromatic heterocycles. The predicted octanol–water partition coefficient (Wildman–Crippen LogP) is 1.30. The molecule has 1 amide bonds. The zero-order valence-electron chi connectivity index (χ0n) is 5.34. The van der Waals surface area contributed by atoms with Crippen LogP contribution in [-0.2, 0) is 0 Å². The van der Waals surface area contributed by atoms with Crippen LogP contribution in [0.4, 0.5) is 4.48 Å². The number of nitrogens with one attached hydrogen (secondary N) is 1. The molecular formula is C6H4FIN2O. The quantitative estimate of drug-likeness (QED) is 0.615. The highest BCUT2D eigenvalue weighted by Gasteiger charge is 2.07.